The lowest BCUT2D eigenvalue weighted by molar-refractivity contribution is -0.122. The molecule has 2 aromatic rings. The maximum absolute atomic E-state index is 12.3. The second kappa shape index (κ2) is 7.80. The van der Waals surface area contributed by atoms with E-state index in [0.717, 1.165) is 36.4 Å². The third-order valence-electron chi connectivity index (χ3n) is 5.03. The van der Waals surface area contributed by atoms with E-state index >= 15 is 0 Å². The lowest BCUT2D eigenvalue weighted by Gasteiger charge is -2.38. The summed E-state index contributed by atoms with van der Waals surface area (Å²) in [5.74, 6) is 0.738. The predicted molar refractivity (Wildman–Crippen MR) is 101 cm³/mol. The molecule has 1 amide bonds. The zero-order valence-corrected chi connectivity index (χ0v) is 16.0. The van der Waals surface area contributed by atoms with Gasteiger partial charge in [0.2, 0.25) is 5.91 Å². The number of aromatic nitrogens is 3. The molecule has 0 spiro atoms. The first-order valence-electron chi connectivity index (χ1n) is 8.63. The quantitative estimate of drug-likeness (QED) is 0.673. The molecule has 0 unspecified atom stereocenters. The fraction of sp³-hybridized carbons (Fsp3) is 0.588. The summed E-state index contributed by atoms with van der Waals surface area (Å²) < 4.78 is 2.38. The van der Waals surface area contributed by atoms with Crippen molar-refractivity contribution in [3.63, 3.8) is 0 Å². The fourth-order valence-electron chi connectivity index (χ4n) is 3.31. The third-order valence-corrected chi connectivity index (χ3v) is 6.21. The van der Waals surface area contributed by atoms with Crippen molar-refractivity contribution in [2.75, 3.05) is 6.54 Å². The highest BCUT2D eigenvalue weighted by Crippen LogP contribution is 2.35. The van der Waals surface area contributed by atoms with Gasteiger partial charge in [-0.1, -0.05) is 25.8 Å². The summed E-state index contributed by atoms with van der Waals surface area (Å²) in [4.78, 5) is 13.3. The molecule has 8 heteroatoms. The van der Waals surface area contributed by atoms with Crippen molar-refractivity contribution in [3.8, 4) is 10.7 Å². The maximum atomic E-state index is 12.3. The molecular weight excluding hydrogens is 356 g/mol. The van der Waals surface area contributed by atoms with Crippen molar-refractivity contribution >= 4 is 29.5 Å². The van der Waals surface area contributed by atoms with Crippen molar-refractivity contribution in [1.82, 2.24) is 20.1 Å². The Morgan fingerprint density at radius 1 is 1.60 bits per heavy atom. The smallest absolute Gasteiger partial charge is 0.221 e. The number of aromatic amines is 1. The molecule has 1 aliphatic rings. The van der Waals surface area contributed by atoms with Crippen LogP contribution in [0, 0.1) is 10.2 Å². The average Bonchev–Trinajstić information content (AvgIpc) is 3.24. The van der Waals surface area contributed by atoms with Crippen LogP contribution in [0.2, 0.25) is 0 Å². The van der Waals surface area contributed by atoms with Gasteiger partial charge in [0, 0.05) is 24.9 Å². The first-order valence-corrected chi connectivity index (χ1v) is 9.92. The molecule has 2 aromatic heterocycles. The van der Waals surface area contributed by atoms with Crippen molar-refractivity contribution < 1.29 is 9.90 Å². The maximum Gasteiger partial charge on any atom is 0.221 e. The second-order valence-corrected chi connectivity index (χ2v) is 8.26. The van der Waals surface area contributed by atoms with Crippen molar-refractivity contribution in [2.45, 2.75) is 51.7 Å². The van der Waals surface area contributed by atoms with E-state index in [0.29, 0.717) is 24.3 Å². The molecule has 1 aliphatic carbocycles. The first kappa shape index (κ1) is 18.3. The summed E-state index contributed by atoms with van der Waals surface area (Å²) in [6.45, 7) is 3.05. The monoisotopic (exact) mass is 380 g/mol. The lowest BCUT2D eigenvalue weighted by atomic mass is 9.73. The minimum Gasteiger partial charge on any atom is -0.392 e. The number of carbonyl (C=O) groups excluding carboxylic acids is 1. The summed E-state index contributed by atoms with van der Waals surface area (Å²) in [6.07, 6.45) is 3.93. The predicted octanol–water partition coefficient (Wildman–Crippen LogP) is 3.12. The highest BCUT2D eigenvalue weighted by Gasteiger charge is 2.35. The Hall–Kier alpha value is -1.51. The van der Waals surface area contributed by atoms with Crippen LogP contribution in [0.25, 0.3) is 10.7 Å². The molecule has 2 atom stereocenters. The zero-order chi connectivity index (χ0) is 17.9. The molecule has 0 radical (unpaired) electrons. The van der Waals surface area contributed by atoms with E-state index in [1.807, 2.05) is 22.1 Å². The Bertz CT molecular complexity index is 768. The van der Waals surface area contributed by atoms with Crippen LogP contribution in [0.15, 0.2) is 17.5 Å². The van der Waals surface area contributed by atoms with E-state index in [1.165, 1.54) is 0 Å². The van der Waals surface area contributed by atoms with Gasteiger partial charge in [0.15, 0.2) is 10.6 Å². The van der Waals surface area contributed by atoms with E-state index in [2.05, 4.69) is 22.4 Å². The van der Waals surface area contributed by atoms with Gasteiger partial charge in [0.25, 0.3) is 0 Å². The van der Waals surface area contributed by atoms with E-state index in [9.17, 15) is 9.90 Å². The van der Waals surface area contributed by atoms with Crippen molar-refractivity contribution in [1.29, 1.82) is 0 Å². The number of aliphatic hydroxyl groups is 1. The van der Waals surface area contributed by atoms with Gasteiger partial charge in [-0.15, -0.1) is 11.3 Å². The van der Waals surface area contributed by atoms with Crippen LogP contribution < -0.4 is 5.32 Å². The topological polar surface area (TPSA) is 82.9 Å². The molecule has 0 saturated heterocycles. The van der Waals surface area contributed by atoms with Crippen LogP contribution in [0.1, 0.15) is 39.0 Å². The molecule has 0 aliphatic heterocycles. The molecule has 1 saturated carbocycles. The van der Waals surface area contributed by atoms with Gasteiger partial charge in [-0.25, -0.2) is 0 Å². The summed E-state index contributed by atoms with van der Waals surface area (Å²) in [7, 11) is 0. The van der Waals surface area contributed by atoms with E-state index in [4.69, 9.17) is 12.2 Å². The molecule has 0 aromatic carbocycles. The minimum absolute atomic E-state index is 0.0285. The Morgan fingerprint density at radius 2 is 2.44 bits per heavy atom. The second-order valence-electron chi connectivity index (χ2n) is 6.92. The molecule has 3 rings (SSSR count). The van der Waals surface area contributed by atoms with Crippen LogP contribution >= 0.6 is 23.6 Å². The van der Waals surface area contributed by atoms with Gasteiger partial charge in [0.1, 0.15) is 0 Å². The highest BCUT2D eigenvalue weighted by atomic mass is 32.1. The van der Waals surface area contributed by atoms with Crippen LogP contribution in [0.4, 0.5) is 0 Å². The van der Waals surface area contributed by atoms with Gasteiger partial charge < -0.3 is 10.4 Å². The number of hydrogen-bond donors (Lipinski definition) is 3. The van der Waals surface area contributed by atoms with Gasteiger partial charge in [-0.3, -0.25) is 14.5 Å². The molecular formula is C17H24N4O2S2. The standard InChI is InChI=1S/C17H24N4O2S2/c1-17(8-3-2-6-13(17)22)11-18-14(23)7-9-21-15(19-20-16(21)24)12-5-4-10-25-12/h4-5,10,13,22H,2-3,6-9,11H2,1H3,(H,18,23)(H,20,24)/t13-,17+/m1/s1. The first-order chi connectivity index (χ1) is 12.0. The Morgan fingerprint density at radius 3 is 3.16 bits per heavy atom. The molecule has 3 N–H and O–H groups in total. The number of amides is 1. The Balaban J connectivity index is 1.57. The summed E-state index contributed by atoms with van der Waals surface area (Å²) in [5.41, 5.74) is -0.220. The number of carbonyl (C=O) groups is 1. The van der Waals surface area contributed by atoms with Gasteiger partial charge in [0.05, 0.1) is 11.0 Å². The molecule has 6 nitrogen and oxygen atoms in total. The fourth-order valence-corrected chi connectivity index (χ4v) is 4.25. The van der Waals surface area contributed by atoms with Crippen LogP contribution in [-0.2, 0) is 11.3 Å². The lowest BCUT2D eigenvalue weighted by Crippen LogP contribution is -2.45. The van der Waals surface area contributed by atoms with Crippen LogP contribution in [0.3, 0.4) is 0 Å². The molecule has 25 heavy (non-hydrogen) atoms. The third kappa shape index (κ3) is 4.19. The van der Waals surface area contributed by atoms with Gasteiger partial charge in [-0.2, -0.15) is 5.10 Å². The Kier molecular flexibility index (Phi) is 5.71. The van der Waals surface area contributed by atoms with Gasteiger partial charge >= 0.3 is 0 Å². The SMILES string of the molecule is C[C@@]1(CNC(=O)CCn2c(-c3cccs3)n[nH]c2=S)CCCC[C@H]1O. The van der Waals surface area contributed by atoms with Gasteiger partial charge in [-0.05, 0) is 36.5 Å². The minimum atomic E-state index is -0.338. The number of aliphatic hydroxyl groups excluding tert-OH is 1. The number of thiophene rings is 1. The molecule has 136 valence electrons. The summed E-state index contributed by atoms with van der Waals surface area (Å²) >= 11 is 6.87. The van der Waals surface area contributed by atoms with E-state index in [1.54, 1.807) is 11.3 Å². The van der Waals surface area contributed by atoms with Crippen LogP contribution in [-0.4, -0.2) is 38.4 Å². The average molecular weight is 381 g/mol. The molecule has 0 bridgehead atoms. The highest BCUT2D eigenvalue weighted by molar-refractivity contribution is 7.71. The van der Waals surface area contributed by atoms with Crippen molar-refractivity contribution in [3.05, 3.63) is 22.3 Å². The van der Waals surface area contributed by atoms with E-state index < -0.39 is 0 Å². The number of rotatable bonds is 6. The van der Waals surface area contributed by atoms with Crippen molar-refractivity contribution in [2.24, 2.45) is 5.41 Å². The number of nitrogens with one attached hydrogen (secondary N) is 2. The zero-order valence-electron chi connectivity index (χ0n) is 14.3. The largest absolute Gasteiger partial charge is 0.392 e. The Labute approximate surface area is 156 Å². The summed E-state index contributed by atoms with van der Waals surface area (Å²) in [5, 5.41) is 22.3. The molecule has 1 fully saturated rings. The summed E-state index contributed by atoms with van der Waals surface area (Å²) in [6, 6.07) is 3.95. The van der Waals surface area contributed by atoms with Crippen LogP contribution in [0.5, 0.6) is 0 Å². The number of H-pyrrole nitrogens is 1. The number of hydrogen-bond acceptors (Lipinski definition) is 5. The van der Waals surface area contributed by atoms with E-state index in [-0.39, 0.29) is 17.4 Å². The normalized spacial score (nSPS) is 23.5. The molecule has 2 heterocycles. The number of nitrogens with zero attached hydrogens (tertiary/aromatic N) is 2.